The summed E-state index contributed by atoms with van der Waals surface area (Å²) in [6.45, 7) is -1.05. The molecule has 0 radical (unpaired) electrons. The highest BCUT2D eigenvalue weighted by Gasteiger charge is 2.40. The molecule has 1 aliphatic heterocycles. The Morgan fingerprint density at radius 1 is 1.17 bits per heavy atom. The first-order chi connectivity index (χ1) is 14.4. The number of aromatic nitrogens is 2. The number of aryl methyl sites for hydroxylation is 1. The van der Waals surface area contributed by atoms with Crippen LogP contribution in [0.2, 0.25) is 5.15 Å². The van der Waals surface area contributed by atoms with Gasteiger partial charge in [0.25, 0.3) is 6.02 Å². The summed E-state index contributed by atoms with van der Waals surface area (Å²) in [4.78, 5) is 12.9. The van der Waals surface area contributed by atoms with E-state index in [1.807, 2.05) is 24.3 Å². The van der Waals surface area contributed by atoms with Crippen LogP contribution >= 0.6 is 11.6 Å². The summed E-state index contributed by atoms with van der Waals surface area (Å²) < 4.78 is 35.3. The minimum absolute atomic E-state index is 0.0495. The van der Waals surface area contributed by atoms with Crippen molar-refractivity contribution in [2.45, 2.75) is 19.1 Å². The Morgan fingerprint density at radius 3 is 2.63 bits per heavy atom. The van der Waals surface area contributed by atoms with Crippen molar-refractivity contribution in [3.05, 3.63) is 76.7 Å². The Morgan fingerprint density at radius 2 is 1.97 bits per heavy atom. The number of nitrogens with zero attached hydrogens (tertiary/aromatic N) is 3. The highest BCUT2D eigenvalue weighted by atomic mass is 35.5. The van der Waals surface area contributed by atoms with Gasteiger partial charge in [-0.15, -0.1) is 0 Å². The lowest BCUT2D eigenvalue weighted by molar-refractivity contribution is -0.0503. The molecule has 9 heteroatoms. The molecule has 3 aromatic rings. The maximum atomic E-state index is 12.6. The van der Waals surface area contributed by atoms with Crippen LogP contribution in [0.15, 0.2) is 59.9 Å². The van der Waals surface area contributed by atoms with Gasteiger partial charge in [-0.2, -0.15) is 8.78 Å². The summed E-state index contributed by atoms with van der Waals surface area (Å²) in [5, 5.41) is 0.282. The molecule has 0 bridgehead atoms. The van der Waals surface area contributed by atoms with Gasteiger partial charge >= 0.3 is 6.61 Å². The summed E-state index contributed by atoms with van der Waals surface area (Å²) >= 11 is 5.97. The number of benzene rings is 2. The first-order valence-corrected chi connectivity index (χ1v) is 9.38. The topological polar surface area (TPSA) is 82.6 Å². The fraction of sp³-hybridized carbons (Fsp3) is 0.190. The van der Waals surface area contributed by atoms with Crippen molar-refractivity contribution in [3.63, 3.8) is 0 Å². The van der Waals surface area contributed by atoms with Gasteiger partial charge < -0.3 is 15.2 Å². The fourth-order valence-corrected chi connectivity index (χ4v) is 3.59. The zero-order valence-electron chi connectivity index (χ0n) is 15.8. The Labute approximate surface area is 176 Å². The van der Waals surface area contributed by atoms with Gasteiger partial charge in [-0.3, -0.25) is 4.98 Å². The van der Waals surface area contributed by atoms with Crippen LogP contribution in [0.4, 0.5) is 8.78 Å². The number of aliphatic imine (C=N–C) groups is 1. The van der Waals surface area contributed by atoms with Crippen LogP contribution in [0, 0.1) is 6.92 Å². The lowest BCUT2D eigenvalue weighted by atomic mass is 9.83. The average molecular weight is 431 g/mol. The molecule has 1 aromatic heterocycles. The third kappa shape index (κ3) is 3.78. The summed E-state index contributed by atoms with van der Waals surface area (Å²) in [6.07, 6.45) is 3.07. The van der Waals surface area contributed by atoms with E-state index in [9.17, 15) is 8.78 Å². The van der Waals surface area contributed by atoms with Gasteiger partial charge in [-0.1, -0.05) is 35.9 Å². The van der Waals surface area contributed by atoms with Gasteiger partial charge in [-0.25, -0.2) is 9.98 Å². The van der Waals surface area contributed by atoms with Crippen molar-refractivity contribution < 1.29 is 18.3 Å². The van der Waals surface area contributed by atoms with Gasteiger partial charge in [0.15, 0.2) is 5.54 Å². The van der Waals surface area contributed by atoms with E-state index in [1.165, 1.54) is 12.3 Å². The van der Waals surface area contributed by atoms with E-state index in [1.54, 1.807) is 25.3 Å². The second kappa shape index (κ2) is 7.87. The summed E-state index contributed by atoms with van der Waals surface area (Å²) in [6, 6.07) is 12.5. The van der Waals surface area contributed by atoms with E-state index < -0.39 is 12.2 Å². The van der Waals surface area contributed by atoms with Crippen molar-refractivity contribution >= 4 is 17.6 Å². The van der Waals surface area contributed by atoms with Crippen LogP contribution in [0.25, 0.3) is 11.3 Å². The molecule has 2 aromatic carbocycles. The maximum Gasteiger partial charge on any atom is 0.387 e. The zero-order chi connectivity index (χ0) is 21.3. The van der Waals surface area contributed by atoms with E-state index in [0.717, 1.165) is 16.7 Å². The highest BCUT2D eigenvalue weighted by Crippen LogP contribution is 2.40. The SMILES string of the molecule is Cc1cc([C@@]2(c3cccc(-c4cncc(Cl)n4)c3)COC(N)=N2)ccc1OC(F)F. The van der Waals surface area contributed by atoms with Crippen LogP contribution in [-0.2, 0) is 10.3 Å². The first kappa shape index (κ1) is 20.0. The van der Waals surface area contributed by atoms with Crippen molar-refractivity contribution in [1.29, 1.82) is 0 Å². The second-order valence-electron chi connectivity index (χ2n) is 6.77. The van der Waals surface area contributed by atoms with Gasteiger partial charge in [0.2, 0.25) is 0 Å². The lowest BCUT2D eigenvalue weighted by Gasteiger charge is -2.26. The van der Waals surface area contributed by atoms with Gasteiger partial charge in [0.05, 0.1) is 18.1 Å². The van der Waals surface area contributed by atoms with E-state index in [2.05, 4.69) is 19.7 Å². The molecule has 0 fully saturated rings. The monoisotopic (exact) mass is 430 g/mol. The molecule has 2 N–H and O–H groups in total. The molecule has 0 saturated heterocycles. The highest BCUT2D eigenvalue weighted by molar-refractivity contribution is 6.29. The Balaban J connectivity index is 1.81. The lowest BCUT2D eigenvalue weighted by Crippen LogP contribution is -2.27. The van der Waals surface area contributed by atoms with E-state index in [0.29, 0.717) is 11.3 Å². The molecule has 0 aliphatic carbocycles. The Hall–Kier alpha value is -3.26. The molecular formula is C21H17ClF2N4O2. The number of nitrogens with two attached hydrogens (primary N) is 1. The van der Waals surface area contributed by atoms with Crippen LogP contribution < -0.4 is 10.5 Å². The molecule has 154 valence electrons. The molecule has 0 saturated carbocycles. The Bertz CT molecular complexity index is 1130. The minimum Gasteiger partial charge on any atom is -0.462 e. The zero-order valence-corrected chi connectivity index (χ0v) is 16.6. The van der Waals surface area contributed by atoms with Gasteiger partial charge in [-0.05, 0) is 41.8 Å². The number of hydrogen-bond donors (Lipinski definition) is 1. The molecule has 0 spiro atoms. The normalized spacial score (nSPS) is 18.2. The summed E-state index contributed by atoms with van der Waals surface area (Å²) in [5.41, 5.74) is 8.37. The van der Waals surface area contributed by atoms with Gasteiger partial charge in [0.1, 0.15) is 17.5 Å². The predicted octanol–water partition coefficient (Wildman–Crippen LogP) is 4.30. The fourth-order valence-electron chi connectivity index (χ4n) is 3.45. The quantitative estimate of drug-likeness (QED) is 0.652. The van der Waals surface area contributed by atoms with Crippen molar-refractivity contribution in [1.82, 2.24) is 9.97 Å². The average Bonchev–Trinajstić information content (AvgIpc) is 3.12. The number of hydrogen-bond acceptors (Lipinski definition) is 6. The smallest absolute Gasteiger partial charge is 0.387 e. The Kier molecular flexibility index (Phi) is 5.26. The molecule has 30 heavy (non-hydrogen) atoms. The molecule has 4 rings (SSSR count). The summed E-state index contributed by atoms with van der Waals surface area (Å²) in [7, 11) is 0. The number of ether oxygens (including phenoxy) is 2. The number of amidine groups is 1. The second-order valence-corrected chi connectivity index (χ2v) is 7.15. The molecule has 0 unspecified atom stereocenters. The number of halogens is 3. The van der Waals surface area contributed by atoms with Crippen LogP contribution in [0.1, 0.15) is 16.7 Å². The van der Waals surface area contributed by atoms with Crippen molar-refractivity contribution in [3.8, 4) is 17.0 Å². The minimum atomic E-state index is -2.90. The molecular weight excluding hydrogens is 414 g/mol. The third-order valence-corrected chi connectivity index (χ3v) is 5.02. The number of alkyl halides is 2. The van der Waals surface area contributed by atoms with Crippen molar-refractivity contribution in [2.24, 2.45) is 10.7 Å². The summed E-state index contributed by atoms with van der Waals surface area (Å²) in [5.74, 6) is 0.0997. The van der Waals surface area contributed by atoms with E-state index in [4.69, 9.17) is 22.1 Å². The van der Waals surface area contributed by atoms with E-state index >= 15 is 0 Å². The molecule has 0 amide bonds. The van der Waals surface area contributed by atoms with Crippen molar-refractivity contribution in [2.75, 3.05) is 6.61 Å². The molecule has 1 atom stereocenters. The first-order valence-electron chi connectivity index (χ1n) is 9.00. The maximum absolute atomic E-state index is 12.6. The van der Waals surface area contributed by atoms with Gasteiger partial charge in [0, 0.05) is 5.56 Å². The molecule has 2 heterocycles. The number of rotatable bonds is 5. The third-order valence-electron chi connectivity index (χ3n) is 4.84. The van der Waals surface area contributed by atoms with Crippen LogP contribution in [-0.4, -0.2) is 29.2 Å². The van der Waals surface area contributed by atoms with Crippen LogP contribution in [0.3, 0.4) is 0 Å². The van der Waals surface area contributed by atoms with E-state index in [-0.39, 0.29) is 23.5 Å². The molecule has 1 aliphatic rings. The molecule has 6 nitrogen and oxygen atoms in total. The van der Waals surface area contributed by atoms with Crippen LogP contribution in [0.5, 0.6) is 5.75 Å². The predicted molar refractivity (Wildman–Crippen MR) is 109 cm³/mol. The standard InChI is InChI=1S/C21H17ClF2N4O2/c1-12-7-15(5-6-17(12)30-19(23)24)21(11-29-20(25)28-21)14-4-2-3-13(8-14)16-9-26-10-18(22)27-16/h2-10,19H,11H2,1H3,(H2,25,28)/t21-/m0/s1. The largest absolute Gasteiger partial charge is 0.462 e.